The van der Waals surface area contributed by atoms with Crippen LogP contribution < -0.4 is 11.2 Å². The summed E-state index contributed by atoms with van der Waals surface area (Å²) >= 11 is 12.7. The molecular formula is C25H27Cl2N7O4S. The average Bonchev–Trinajstić information content (AvgIpc) is 3.53. The van der Waals surface area contributed by atoms with E-state index in [-0.39, 0.29) is 45.7 Å². The Morgan fingerprint density at radius 3 is 2.85 bits per heavy atom. The second-order valence-corrected chi connectivity index (χ2v) is 12.7. The molecule has 0 bridgehead atoms. The molecule has 0 radical (unpaired) electrons. The number of carbonyl (C=O) groups is 1. The fourth-order valence-electron chi connectivity index (χ4n) is 4.84. The predicted octanol–water partition coefficient (Wildman–Crippen LogP) is 3.10. The first-order valence-corrected chi connectivity index (χ1v) is 15.1. The van der Waals surface area contributed by atoms with Crippen molar-refractivity contribution >= 4 is 60.9 Å². The van der Waals surface area contributed by atoms with Gasteiger partial charge in [0.2, 0.25) is 0 Å². The van der Waals surface area contributed by atoms with Crippen molar-refractivity contribution in [3.63, 3.8) is 0 Å². The van der Waals surface area contributed by atoms with E-state index in [4.69, 9.17) is 33.9 Å². The fourth-order valence-corrected chi connectivity index (χ4v) is 5.90. The number of fused-ring (bicyclic) bond motifs is 2. The number of carbonyl (C=O) groups excluding carboxylic acids is 1. The first-order chi connectivity index (χ1) is 18.5. The van der Waals surface area contributed by atoms with Crippen LogP contribution in [0.2, 0.25) is 10.0 Å². The summed E-state index contributed by atoms with van der Waals surface area (Å²) in [6, 6.07) is 7.43. The van der Waals surface area contributed by atoms with Crippen molar-refractivity contribution in [2.45, 2.75) is 31.3 Å². The highest BCUT2D eigenvalue weighted by atomic mass is 35.5. The van der Waals surface area contributed by atoms with Crippen molar-refractivity contribution in [2.24, 2.45) is 10.7 Å². The molecule has 2 aromatic carbocycles. The summed E-state index contributed by atoms with van der Waals surface area (Å²) in [6.45, 7) is 0.933. The summed E-state index contributed by atoms with van der Waals surface area (Å²) in [5, 5.41) is 11.6. The molecule has 0 saturated carbocycles. The summed E-state index contributed by atoms with van der Waals surface area (Å²) in [4.78, 5) is 31.8. The predicted molar refractivity (Wildman–Crippen MR) is 149 cm³/mol. The maximum Gasteiger partial charge on any atom is 0.255 e. The highest BCUT2D eigenvalue weighted by Gasteiger charge is 2.30. The molecule has 1 unspecified atom stereocenters. The lowest BCUT2D eigenvalue weighted by Gasteiger charge is -2.24. The standard InChI is InChI=1S/C25H27Cl2N7O4S/c1-39(37,38)8-6-20(24-30-19-5-4-14(26)9-21(19)32-24)31-23-17-10-18(27)16(11-22(17)34(36)13-29-23)25(35)33-7-2-3-15(33)12-28/h4-5,9-11,13,15,20,36H,2-3,6-8,12,28H2,1H3,(H,30,32)/t15?,20-/m0/s1. The molecule has 5 rings (SSSR count). The van der Waals surface area contributed by atoms with Crippen LogP contribution in [0, 0.1) is 0 Å². The van der Waals surface area contributed by atoms with E-state index < -0.39 is 15.9 Å². The maximum absolute atomic E-state index is 13.3. The van der Waals surface area contributed by atoms with Crippen LogP contribution in [0.4, 0.5) is 0 Å². The van der Waals surface area contributed by atoms with Crippen LogP contribution in [0.15, 0.2) is 41.7 Å². The van der Waals surface area contributed by atoms with Crippen LogP contribution in [0.3, 0.4) is 0 Å². The number of halogens is 2. The van der Waals surface area contributed by atoms with Crippen molar-refractivity contribution in [1.82, 2.24) is 24.6 Å². The van der Waals surface area contributed by atoms with Crippen molar-refractivity contribution in [2.75, 3.05) is 25.1 Å². The monoisotopic (exact) mass is 591 g/mol. The topological polar surface area (TPSA) is 160 Å². The van der Waals surface area contributed by atoms with E-state index in [1.54, 1.807) is 23.1 Å². The van der Waals surface area contributed by atoms with Gasteiger partial charge in [-0.25, -0.2) is 18.4 Å². The van der Waals surface area contributed by atoms with E-state index in [9.17, 15) is 18.4 Å². The second kappa shape index (κ2) is 10.8. The number of rotatable bonds is 7. The van der Waals surface area contributed by atoms with Gasteiger partial charge in [0.05, 0.1) is 32.9 Å². The Hall–Kier alpha value is -3.19. The zero-order valence-corrected chi connectivity index (χ0v) is 23.3. The Labute approximate surface area is 234 Å². The van der Waals surface area contributed by atoms with Gasteiger partial charge < -0.3 is 20.8 Å². The Kier molecular flexibility index (Phi) is 7.55. The minimum absolute atomic E-state index is 0.0668. The molecule has 2 aromatic heterocycles. The SMILES string of the molecule is CS(=O)(=O)CC[C@H](N=c1ncn(O)c2cc(C(=O)N3CCCC3CN)c(Cl)cc12)c1nc2ccc(Cl)cc2[nH]1. The highest BCUT2D eigenvalue weighted by Crippen LogP contribution is 2.28. The zero-order chi connectivity index (χ0) is 27.9. The van der Waals surface area contributed by atoms with Gasteiger partial charge in [-0.3, -0.25) is 9.79 Å². The Bertz CT molecular complexity index is 1750. The number of nitrogens with two attached hydrogens (primary N) is 1. The van der Waals surface area contributed by atoms with E-state index in [0.717, 1.165) is 30.2 Å². The van der Waals surface area contributed by atoms with Crippen LogP contribution in [-0.2, 0) is 9.84 Å². The van der Waals surface area contributed by atoms with Gasteiger partial charge in [-0.15, -0.1) is 0 Å². The third kappa shape index (κ3) is 5.74. The van der Waals surface area contributed by atoms with Crippen molar-refractivity contribution < 1.29 is 18.4 Å². The molecule has 4 N–H and O–H groups in total. The molecule has 206 valence electrons. The normalized spacial score (nSPS) is 17.4. The van der Waals surface area contributed by atoms with Gasteiger partial charge in [0.15, 0.2) is 5.49 Å². The summed E-state index contributed by atoms with van der Waals surface area (Å²) < 4.78 is 24.8. The molecule has 0 aliphatic carbocycles. The number of hydrogen-bond donors (Lipinski definition) is 3. The smallest absolute Gasteiger partial charge is 0.255 e. The number of benzene rings is 2. The molecule has 1 aliphatic heterocycles. The summed E-state index contributed by atoms with van der Waals surface area (Å²) in [6.07, 6.45) is 4.12. The van der Waals surface area contributed by atoms with Crippen LogP contribution in [0.25, 0.3) is 21.9 Å². The molecule has 14 heteroatoms. The lowest BCUT2D eigenvalue weighted by Crippen LogP contribution is -2.40. The highest BCUT2D eigenvalue weighted by molar-refractivity contribution is 7.90. The maximum atomic E-state index is 13.3. The van der Waals surface area contributed by atoms with Crippen LogP contribution in [-0.4, -0.2) is 75.3 Å². The number of sulfone groups is 1. The van der Waals surface area contributed by atoms with E-state index in [0.29, 0.717) is 40.4 Å². The van der Waals surface area contributed by atoms with E-state index in [1.807, 2.05) is 0 Å². The Morgan fingerprint density at radius 2 is 2.10 bits per heavy atom. The number of amides is 1. The van der Waals surface area contributed by atoms with Crippen LogP contribution >= 0.6 is 23.2 Å². The van der Waals surface area contributed by atoms with Gasteiger partial charge >= 0.3 is 0 Å². The molecule has 39 heavy (non-hydrogen) atoms. The zero-order valence-electron chi connectivity index (χ0n) is 21.0. The number of aromatic amines is 1. The first kappa shape index (κ1) is 27.4. The molecule has 11 nitrogen and oxygen atoms in total. The van der Waals surface area contributed by atoms with Gasteiger partial charge in [0.25, 0.3) is 5.91 Å². The van der Waals surface area contributed by atoms with Gasteiger partial charge in [0.1, 0.15) is 28.0 Å². The second-order valence-electron chi connectivity index (χ2n) is 9.64. The summed E-state index contributed by atoms with van der Waals surface area (Å²) in [7, 11) is -3.30. The summed E-state index contributed by atoms with van der Waals surface area (Å²) in [5.74, 6) is 0.0323. The molecule has 1 saturated heterocycles. The number of nitrogens with zero attached hydrogens (tertiary/aromatic N) is 5. The van der Waals surface area contributed by atoms with Crippen molar-refractivity contribution in [3.05, 3.63) is 63.6 Å². The van der Waals surface area contributed by atoms with Crippen molar-refractivity contribution in [3.8, 4) is 0 Å². The van der Waals surface area contributed by atoms with Gasteiger partial charge in [0, 0.05) is 35.8 Å². The van der Waals surface area contributed by atoms with Crippen LogP contribution in [0.1, 0.15) is 41.5 Å². The fraction of sp³-hybridized carbons (Fsp3) is 0.360. The Balaban J connectivity index is 1.62. The van der Waals surface area contributed by atoms with Crippen molar-refractivity contribution in [1.29, 1.82) is 0 Å². The molecular weight excluding hydrogens is 565 g/mol. The number of H-pyrrole nitrogens is 1. The first-order valence-electron chi connectivity index (χ1n) is 12.3. The minimum Gasteiger partial charge on any atom is -0.427 e. The largest absolute Gasteiger partial charge is 0.427 e. The minimum atomic E-state index is -3.30. The van der Waals surface area contributed by atoms with Gasteiger partial charge in [-0.2, -0.15) is 4.73 Å². The number of aromatic nitrogens is 4. The van der Waals surface area contributed by atoms with Gasteiger partial charge in [-0.1, -0.05) is 23.2 Å². The van der Waals surface area contributed by atoms with Gasteiger partial charge in [-0.05, 0) is 49.6 Å². The quantitative estimate of drug-likeness (QED) is 0.278. The molecule has 3 heterocycles. The lowest BCUT2D eigenvalue weighted by molar-refractivity contribution is 0.0741. The number of imidazole rings is 1. The molecule has 1 amide bonds. The molecule has 1 fully saturated rings. The van der Waals surface area contributed by atoms with E-state index in [1.165, 1.54) is 12.1 Å². The third-order valence-electron chi connectivity index (χ3n) is 6.82. The number of likely N-dealkylation sites (tertiary alicyclic amines) is 1. The van der Waals surface area contributed by atoms with Crippen LogP contribution in [0.5, 0.6) is 0 Å². The van der Waals surface area contributed by atoms with E-state index >= 15 is 0 Å². The molecule has 1 aliphatic rings. The molecule has 4 aromatic rings. The molecule has 2 atom stereocenters. The molecule has 0 spiro atoms. The summed E-state index contributed by atoms with van der Waals surface area (Å²) in [5.41, 5.74) is 7.87. The third-order valence-corrected chi connectivity index (χ3v) is 8.35. The number of nitrogens with one attached hydrogen (secondary N) is 1. The van der Waals surface area contributed by atoms with E-state index in [2.05, 4.69) is 15.0 Å². The number of hydrogen-bond acceptors (Lipinski definition) is 8. The Morgan fingerprint density at radius 1 is 1.31 bits per heavy atom. The average molecular weight is 593 g/mol. The lowest BCUT2D eigenvalue weighted by atomic mass is 10.1.